The monoisotopic (exact) mass is 412 g/mol. The van der Waals surface area contributed by atoms with Gasteiger partial charge in [0.25, 0.3) is 0 Å². The van der Waals surface area contributed by atoms with Gasteiger partial charge in [0.1, 0.15) is 5.82 Å². The van der Waals surface area contributed by atoms with Gasteiger partial charge in [0.15, 0.2) is 0 Å². The van der Waals surface area contributed by atoms with Crippen LogP contribution in [0.5, 0.6) is 0 Å². The van der Waals surface area contributed by atoms with E-state index in [2.05, 4.69) is 26.0 Å². The molecule has 0 saturated heterocycles. The van der Waals surface area contributed by atoms with E-state index in [1.54, 1.807) is 0 Å². The van der Waals surface area contributed by atoms with Crippen molar-refractivity contribution in [3.63, 3.8) is 0 Å². The lowest BCUT2D eigenvalue weighted by atomic mass is 9.68. The zero-order valence-corrected chi connectivity index (χ0v) is 19.7. The van der Waals surface area contributed by atoms with Crippen LogP contribution >= 0.6 is 0 Å². The Morgan fingerprint density at radius 3 is 1.83 bits per heavy atom. The van der Waals surface area contributed by atoms with E-state index in [9.17, 15) is 0 Å². The molecular weight excluding hydrogens is 367 g/mol. The van der Waals surface area contributed by atoms with Crippen LogP contribution in [-0.4, -0.2) is 0 Å². The van der Waals surface area contributed by atoms with Gasteiger partial charge in [0.05, 0.1) is 0 Å². The van der Waals surface area contributed by atoms with Gasteiger partial charge in [-0.3, -0.25) is 0 Å². The Morgan fingerprint density at radius 1 is 0.700 bits per heavy atom. The Morgan fingerprint density at radius 2 is 1.27 bits per heavy atom. The fourth-order valence-electron chi connectivity index (χ4n) is 7.29. The SMILES string of the molecule is CCCC1CCC(c2ccc(C3CCC(C4CCC(CC)CC4)CC3)c(F)c2)CC1. The molecule has 3 saturated carbocycles. The average molecular weight is 413 g/mol. The molecule has 0 spiro atoms. The van der Waals surface area contributed by atoms with Crippen LogP contribution in [-0.2, 0) is 0 Å². The number of benzene rings is 1. The highest BCUT2D eigenvalue weighted by Gasteiger charge is 2.32. The Kier molecular flexibility index (Phi) is 7.93. The zero-order valence-electron chi connectivity index (χ0n) is 19.7. The first-order valence-corrected chi connectivity index (χ1v) is 13.5. The van der Waals surface area contributed by atoms with Gasteiger partial charge in [-0.2, -0.15) is 0 Å². The van der Waals surface area contributed by atoms with Gasteiger partial charge in [-0.25, -0.2) is 4.39 Å². The quantitative estimate of drug-likeness (QED) is 0.436. The minimum absolute atomic E-state index is 0.0927. The molecule has 1 heteroatoms. The summed E-state index contributed by atoms with van der Waals surface area (Å²) >= 11 is 0. The molecule has 0 radical (unpaired) electrons. The highest BCUT2D eigenvalue weighted by molar-refractivity contribution is 5.30. The van der Waals surface area contributed by atoms with Crippen molar-refractivity contribution in [3.8, 4) is 0 Å². The van der Waals surface area contributed by atoms with Crippen molar-refractivity contribution in [2.24, 2.45) is 23.7 Å². The lowest BCUT2D eigenvalue weighted by Gasteiger charge is -2.38. The molecule has 3 fully saturated rings. The third kappa shape index (κ3) is 5.31. The predicted molar refractivity (Wildman–Crippen MR) is 126 cm³/mol. The summed E-state index contributed by atoms with van der Waals surface area (Å²) in [6, 6.07) is 6.36. The molecule has 0 amide bonds. The molecule has 30 heavy (non-hydrogen) atoms. The second-order valence-electron chi connectivity index (χ2n) is 11.1. The highest BCUT2D eigenvalue weighted by Crippen LogP contribution is 2.45. The number of hydrogen-bond donors (Lipinski definition) is 0. The molecule has 0 aliphatic heterocycles. The van der Waals surface area contributed by atoms with E-state index in [0.29, 0.717) is 11.8 Å². The third-order valence-electron chi connectivity index (χ3n) is 9.39. The summed E-state index contributed by atoms with van der Waals surface area (Å²) in [5, 5.41) is 0. The molecule has 0 bridgehead atoms. The largest absolute Gasteiger partial charge is 0.207 e. The summed E-state index contributed by atoms with van der Waals surface area (Å²) in [5.74, 6) is 4.94. The second kappa shape index (κ2) is 10.6. The normalized spacial score (nSPS) is 35.3. The van der Waals surface area contributed by atoms with Crippen molar-refractivity contribution >= 4 is 0 Å². The van der Waals surface area contributed by atoms with Crippen molar-refractivity contribution in [3.05, 3.63) is 35.1 Å². The molecule has 0 nitrogen and oxygen atoms in total. The van der Waals surface area contributed by atoms with Crippen molar-refractivity contribution in [2.45, 2.75) is 122 Å². The van der Waals surface area contributed by atoms with E-state index in [1.807, 2.05) is 6.07 Å². The maximum absolute atomic E-state index is 15.1. The van der Waals surface area contributed by atoms with Crippen LogP contribution in [0.15, 0.2) is 18.2 Å². The average Bonchev–Trinajstić information content (AvgIpc) is 2.80. The van der Waals surface area contributed by atoms with Crippen LogP contribution in [0, 0.1) is 29.5 Å². The summed E-state index contributed by atoms with van der Waals surface area (Å²) in [7, 11) is 0. The first-order valence-electron chi connectivity index (χ1n) is 13.5. The fourth-order valence-corrected chi connectivity index (χ4v) is 7.29. The van der Waals surface area contributed by atoms with Crippen LogP contribution in [0.1, 0.15) is 133 Å². The van der Waals surface area contributed by atoms with Crippen molar-refractivity contribution < 1.29 is 4.39 Å². The minimum atomic E-state index is 0.0927. The molecule has 0 atom stereocenters. The number of rotatable bonds is 6. The van der Waals surface area contributed by atoms with Crippen LogP contribution in [0.4, 0.5) is 4.39 Å². The molecule has 1 aromatic rings. The molecule has 168 valence electrons. The summed E-state index contributed by atoms with van der Waals surface area (Å²) in [5.41, 5.74) is 2.29. The first-order chi connectivity index (χ1) is 14.7. The van der Waals surface area contributed by atoms with Crippen molar-refractivity contribution in [1.82, 2.24) is 0 Å². The van der Waals surface area contributed by atoms with E-state index < -0.39 is 0 Å². The molecule has 0 heterocycles. The van der Waals surface area contributed by atoms with Gasteiger partial charge < -0.3 is 0 Å². The van der Waals surface area contributed by atoms with Crippen molar-refractivity contribution in [2.75, 3.05) is 0 Å². The van der Waals surface area contributed by atoms with Gasteiger partial charge in [-0.05, 0) is 117 Å². The third-order valence-corrected chi connectivity index (χ3v) is 9.39. The fraction of sp³-hybridized carbons (Fsp3) is 0.793. The van der Waals surface area contributed by atoms with E-state index in [0.717, 1.165) is 29.2 Å². The van der Waals surface area contributed by atoms with Crippen LogP contribution < -0.4 is 0 Å². The summed E-state index contributed by atoms with van der Waals surface area (Å²) in [4.78, 5) is 0. The summed E-state index contributed by atoms with van der Waals surface area (Å²) in [6.07, 6.45) is 20.1. The number of halogens is 1. The Balaban J connectivity index is 1.29. The predicted octanol–water partition coefficient (Wildman–Crippen LogP) is 9.39. The maximum Gasteiger partial charge on any atom is 0.126 e. The molecule has 3 aliphatic rings. The maximum atomic E-state index is 15.1. The minimum Gasteiger partial charge on any atom is -0.207 e. The lowest BCUT2D eigenvalue weighted by Crippen LogP contribution is -2.25. The van der Waals surface area contributed by atoms with E-state index in [-0.39, 0.29) is 5.82 Å². The lowest BCUT2D eigenvalue weighted by molar-refractivity contribution is 0.158. The van der Waals surface area contributed by atoms with Crippen LogP contribution in [0.3, 0.4) is 0 Å². The zero-order chi connectivity index (χ0) is 20.9. The molecule has 0 unspecified atom stereocenters. The Bertz CT molecular complexity index is 640. The summed E-state index contributed by atoms with van der Waals surface area (Å²) < 4.78 is 15.1. The Labute approximate surface area is 185 Å². The van der Waals surface area contributed by atoms with E-state index >= 15 is 4.39 Å². The topological polar surface area (TPSA) is 0 Å². The van der Waals surface area contributed by atoms with Crippen LogP contribution in [0.2, 0.25) is 0 Å². The van der Waals surface area contributed by atoms with Gasteiger partial charge >= 0.3 is 0 Å². The molecule has 1 aromatic carbocycles. The van der Waals surface area contributed by atoms with Gasteiger partial charge in [0.2, 0.25) is 0 Å². The molecule has 3 aliphatic carbocycles. The first kappa shape index (κ1) is 22.3. The van der Waals surface area contributed by atoms with E-state index in [1.165, 1.54) is 102 Å². The molecule has 4 rings (SSSR count). The molecule has 0 N–H and O–H groups in total. The van der Waals surface area contributed by atoms with E-state index in [4.69, 9.17) is 0 Å². The van der Waals surface area contributed by atoms with Gasteiger partial charge in [-0.15, -0.1) is 0 Å². The number of hydrogen-bond acceptors (Lipinski definition) is 0. The van der Waals surface area contributed by atoms with Gasteiger partial charge in [-0.1, -0.05) is 58.1 Å². The molecular formula is C29H45F. The summed E-state index contributed by atoms with van der Waals surface area (Å²) in [6.45, 7) is 4.65. The second-order valence-corrected chi connectivity index (χ2v) is 11.1. The smallest absolute Gasteiger partial charge is 0.126 e. The standard InChI is InChI=1S/C29H45F/c1-3-5-22-8-12-25(13-9-22)27-18-19-28(29(30)20-27)26-16-14-24(15-17-26)23-10-6-21(4-2)7-11-23/h18-26H,3-17H2,1-2H3. The van der Waals surface area contributed by atoms with Crippen LogP contribution in [0.25, 0.3) is 0 Å². The molecule has 0 aromatic heterocycles. The highest BCUT2D eigenvalue weighted by atomic mass is 19.1. The van der Waals surface area contributed by atoms with Gasteiger partial charge in [0, 0.05) is 0 Å². The Hall–Kier alpha value is -0.850. The van der Waals surface area contributed by atoms with Crippen molar-refractivity contribution in [1.29, 1.82) is 0 Å².